The van der Waals surface area contributed by atoms with Gasteiger partial charge in [0.15, 0.2) is 0 Å². The predicted octanol–water partition coefficient (Wildman–Crippen LogP) is 2.59. The maximum atomic E-state index is 4.39. The van der Waals surface area contributed by atoms with Crippen molar-refractivity contribution in [3.05, 3.63) is 11.4 Å². The second kappa shape index (κ2) is 3.99. The van der Waals surface area contributed by atoms with Gasteiger partial charge in [0.25, 0.3) is 0 Å². The van der Waals surface area contributed by atoms with Crippen molar-refractivity contribution in [1.29, 1.82) is 0 Å². The molecule has 0 unspecified atom stereocenters. The van der Waals surface area contributed by atoms with Crippen LogP contribution in [0.2, 0.25) is 0 Å². The average molecular weight is 184 g/mol. The minimum absolute atomic E-state index is 1.02. The van der Waals surface area contributed by atoms with Crippen LogP contribution < -0.4 is 0 Å². The molecule has 0 atom stereocenters. The molecule has 3 heteroatoms. The Balaban J connectivity index is 2.79. The van der Waals surface area contributed by atoms with E-state index in [9.17, 15) is 0 Å². The molecule has 0 fully saturated rings. The van der Waals surface area contributed by atoms with Crippen LogP contribution >= 0.6 is 12.6 Å². The highest BCUT2D eigenvalue weighted by Gasteiger charge is 2.06. The first-order valence-electron chi connectivity index (χ1n) is 4.39. The average Bonchev–Trinajstić information content (AvgIpc) is 2.30. The Labute approximate surface area is 79.4 Å². The number of rotatable bonds is 3. The van der Waals surface area contributed by atoms with Gasteiger partial charge in [-0.25, -0.2) is 0 Å². The number of thiol groups is 1. The van der Waals surface area contributed by atoms with Crippen LogP contribution in [-0.2, 0) is 6.54 Å². The lowest BCUT2D eigenvalue weighted by atomic mass is 10.3. The molecule has 0 amide bonds. The topological polar surface area (TPSA) is 17.8 Å². The summed E-state index contributed by atoms with van der Waals surface area (Å²) in [5, 5.41) is 4.39. The predicted molar refractivity (Wildman–Crippen MR) is 53.9 cm³/mol. The fourth-order valence-electron chi connectivity index (χ4n) is 1.21. The Morgan fingerprint density at radius 1 is 1.42 bits per heavy atom. The lowest BCUT2D eigenvalue weighted by Gasteiger charge is -2.01. The first kappa shape index (κ1) is 9.65. The van der Waals surface area contributed by atoms with Crippen LogP contribution in [-0.4, -0.2) is 9.78 Å². The van der Waals surface area contributed by atoms with Gasteiger partial charge in [0.05, 0.1) is 5.69 Å². The molecule has 0 aliphatic carbocycles. The van der Waals surface area contributed by atoms with Crippen molar-refractivity contribution < 1.29 is 0 Å². The van der Waals surface area contributed by atoms with Gasteiger partial charge in [0.2, 0.25) is 0 Å². The van der Waals surface area contributed by atoms with Crippen LogP contribution in [0.4, 0.5) is 0 Å². The van der Waals surface area contributed by atoms with Crippen molar-refractivity contribution in [2.45, 2.75) is 45.1 Å². The molecule has 1 rings (SSSR count). The van der Waals surface area contributed by atoms with Crippen LogP contribution in [0.25, 0.3) is 0 Å². The maximum absolute atomic E-state index is 4.39. The zero-order valence-corrected chi connectivity index (χ0v) is 8.86. The Morgan fingerprint density at radius 2 is 2.08 bits per heavy atom. The molecule has 0 radical (unpaired) electrons. The number of hydrogen-bond acceptors (Lipinski definition) is 2. The summed E-state index contributed by atoms with van der Waals surface area (Å²) in [5.41, 5.74) is 2.22. The molecule has 2 nitrogen and oxygen atoms in total. The van der Waals surface area contributed by atoms with Crippen molar-refractivity contribution in [1.82, 2.24) is 9.78 Å². The zero-order valence-electron chi connectivity index (χ0n) is 7.96. The van der Waals surface area contributed by atoms with E-state index in [1.807, 2.05) is 11.6 Å². The van der Waals surface area contributed by atoms with Crippen LogP contribution in [0.15, 0.2) is 4.90 Å². The fraction of sp³-hybridized carbons (Fsp3) is 0.667. The zero-order chi connectivity index (χ0) is 9.14. The van der Waals surface area contributed by atoms with Gasteiger partial charge < -0.3 is 0 Å². The highest BCUT2D eigenvalue weighted by atomic mass is 32.1. The third kappa shape index (κ3) is 1.83. The first-order valence-corrected chi connectivity index (χ1v) is 4.84. The van der Waals surface area contributed by atoms with E-state index < -0.39 is 0 Å². The van der Waals surface area contributed by atoms with Gasteiger partial charge >= 0.3 is 0 Å². The number of nitrogens with zero attached hydrogens (tertiary/aromatic N) is 2. The number of aromatic nitrogens is 2. The molecular formula is C9H16N2S. The summed E-state index contributed by atoms with van der Waals surface area (Å²) in [4.78, 5) is 1.03. The van der Waals surface area contributed by atoms with E-state index in [0.717, 1.165) is 17.1 Å². The van der Waals surface area contributed by atoms with Gasteiger partial charge in [0, 0.05) is 17.1 Å². The first-order chi connectivity index (χ1) is 5.66. The molecule has 0 N–H and O–H groups in total. The monoisotopic (exact) mass is 184 g/mol. The SMILES string of the molecule is CCCCn1nc(C)c(S)c1C. The van der Waals surface area contributed by atoms with Gasteiger partial charge in [-0.05, 0) is 20.3 Å². The van der Waals surface area contributed by atoms with E-state index in [0.29, 0.717) is 0 Å². The molecular weight excluding hydrogens is 168 g/mol. The van der Waals surface area contributed by atoms with Gasteiger partial charge in [-0.1, -0.05) is 13.3 Å². The Hall–Kier alpha value is -0.440. The molecule has 0 aromatic carbocycles. The quantitative estimate of drug-likeness (QED) is 0.715. The van der Waals surface area contributed by atoms with E-state index in [2.05, 4.69) is 31.6 Å². The van der Waals surface area contributed by atoms with E-state index >= 15 is 0 Å². The van der Waals surface area contributed by atoms with Crippen molar-refractivity contribution in [2.75, 3.05) is 0 Å². The molecule has 1 aromatic rings. The minimum atomic E-state index is 1.02. The van der Waals surface area contributed by atoms with Gasteiger partial charge in [-0.15, -0.1) is 12.6 Å². The summed E-state index contributed by atoms with van der Waals surface area (Å²) in [5.74, 6) is 0. The van der Waals surface area contributed by atoms with Crippen LogP contribution in [0.3, 0.4) is 0 Å². The standard InChI is InChI=1S/C9H16N2S/c1-4-5-6-11-8(3)9(12)7(2)10-11/h12H,4-6H2,1-3H3. The van der Waals surface area contributed by atoms with E-state index in [1.54, 1.807) is 0 Å². The Morgan fingerprint density at radius 3 is 2.50 bits per heavy atom. The molecule has 12 heavy (non-hydrogen) atoms. The summed E-state index contributed by atoms with van der Waals surface area (Å²) in [6, 6.07) is 0. The lowest BCUT2D eigenvalue weighted by Crippen LogP contribution is -2.01. The van der Waals surface area contributed by atoms with E-state index in [4.69, 9.17) is 0 Å². The molecule has 0 saturated heterocycles. The van der Waals surface area contributed by atoms with Crippen LogP contribution in [0.5, 0.6) is 0 Å². The second-order valence-corrected chi connectivity index (χ2v) is 3.54. The van der Waals surface area contributed by atoms with Crippen molar-refractivity contribution in [3.8, 4) is 0 Å². The van der Waals surface area contributed by atoms with Gasteiger partial charge in [0.1, 0.15) is 0 Å². The summed E-state index contributed by atoms with van der Waals surface area (Å²) < 4.78 is 2.04. The third-order valence-electron chi connectivity index (χ3n) is 2.07. The van der Waals surface area contributed by atoms with Gasteiger partial charge in [-0.2, -0.15) is 5.10 Å². The highest BCUT2D eigenvalue weighted by molar-refractivity contribution is 7.80. The molecule has 0 saturated carbocycles. The molecule has 1 aromatic heterocycles. The minimum Gasteiger partial charge on any atom is -0.268 e. The largest absolute Gasteiger partial charge is 0.268 e. The number of unbranched alkanes of at least 4 members (excludes halogenated alkanes) is 1. The van der Waals surface area contributed by atoms with E-state index in [1.165, 1.54) is 18.5 Å². The molecule has 0 spiro atoms. The normalized spacial score (nSPS) is 10.7. The lowest BCUT2D eigenvalue weighted by molar-refractivity contribution is 0.555. The van der Waals surface area contributed by atoms with Gasteiger partial charge in [-0.3, -0.25) is 4.68 Å². The summed E-state index contributed by atoms with van der Waals surface area (Å²) >= 11 is 4.37. The van der Waals surface area contributed by atoms with E-state index in [-0.39, 0.29) is 0 Å². The maximum Gasteiger partial charge on any atom is 0.0729 e. The number of aryl methyl sites for hydroxylation is 2. The molecule has 68 valence electrons. The highest BCUT2D eigenvalue weighted by Crippen LogP contribution is 2.16. The third-order valence-corrected chi connectivity index (χ3v) is 2.71. The van der Waals surface area contributed by atoms with Crippen LogP contribution in [0, 0.1) is 13.8 Å². The van der Waals surface area contributed by atoms with Crippen molar-refractivity contribution >= 4 is 12.6 Å². The fourth-order valence-corrected chi connectivity index (χ4v) is 1.37. The second-order valence-electron chi connectivity index (χ2n) is 3.10. The molecule has 1 heterocycles. The Kier molecular flexibility index (Phi) is 3.20. The number of hydrogen-bond donors (Lipinski definition) is 1. The molecule has 0 aliphatic heterocycles. The summed E-state index contributed by atoms with van der Waals surface area (Å²) in [6.07, 6.45) is 2.40. The summed E-state index contributed by atoms with van der Waals surface area (Å²) in [6.45, 7) is 7.27. The molecule has 0 aliphatic rings. The van der Waals surface area contributed by atoms with Crippen molar-refractivity contribution in [3.63, 3.8) is 0 Å². The summed E-state index contributed by atoms with van der Waals surface area (Å²) in [7, 11) is 0. The smallest absolute Gasteiger partial charge is 0.0729 e. The van der Waals surface area contributed by atoms with Crippen LogP contribution in [0.1, 0.15) is 31.2 Å². The van der Waals surface area contributed by atoms with Crippen molar-refractivity contribution in [2.24, 2.45) is 0 Å². The Bertz CT molecular complexity index is 266. The molecule has 0 bridgehead atoms.